The Bertz CT molecular complexity index is 1310. The van der Waals surface area contributed by atoms with Gasteiger partial charge < -0.3 is 24.8 Å². The van der Waals surface area contributed by atoms with E-state index in [0.717, 1.165) is 25.3 Å². The largest absolute Gasteiger partial charge is 0.480 e. The van der Waals surface area contributed by atoms with E-state index in [1.54, 1.807) is 17.8 Å². The topological polar surface area (TPSA) is 170 Å². The smallest absolute Gasteiger partial charge is 0.364 e. The molecule has 3 atom stereocenters. The fraction of sp³-hybridized carbons (Fsp3) is 0.458. The van der Waals surface area contributed by atoms with E-state index < -0.39 is 25.6 Å². The van der Waals surface area contributed by atoms with Crippen molar-refractivity contribution in [2.45, 2.75) is 51.9 Å². The van der Waals surface area contributed by atoms with Crippen LogP contribution in [-0.2, 0) is 31.8 Å². The van der Waals surface area contributed by atoms with Crippen molar-refractivity contribution in [3.05, 3.63) is 48.5 Å². The van der Waals surface area contributed by atoms with Crippen LogP contribution < -0.4 is 10.8 Å². The number of fused-ring (bicyclic) bond motifs is 1. The Hall–Kier alpha value is -3.38. The number of nitrogens with one attached hydrogen (secondary N) is 1. The van der Waals surface area contributed by atoms with Crippen molar-refractivity contribution < 1.29 is 23.8 Å². The summed E-state index contributed by atoms with van der Waals surface area (Å²) < 4.78 is 26.6. The second-order valence-corrected chi connectivity index (χ2v) is 11.3. The molecule has 3 unspecified atom stereocenters. The van der Waals surface area contributed by atoms with Crippen LogP contribution in [0.3, 0.4) is 0 Å². The molecule has 0 bridgehead atoms. The third-order valence-corrected chi connectivity index (χ3v) is 7.77. The summed E-state index contributed by atoms with van der Waals surface area (Å²) in [5.74, 6) is -0.886. The third kappa shape index (κ3) is 7.35. The Morgan fingerprint density at radius 2 is 1.95 bits per heavy atom. The molecule has 4 N–H and O–H groups in total. The number of anilines is 1. The number of hydrogen-bond donors (Lipinski definition) is 3. The normalized spacial score (nSPS) is 17.6. The van der Waals surface area contributed by atoms with E-state index in [1.807, 2.05) is 18.2 Å². The zero-order valence-corrected chi connectivity index (χ0v) is 22.3. The summed E-state index contributed by atoms with van der Waals surface area (Å²) >= 11 is 0. The number of benzene rings is 1. The number of nitrogen functional groups attached to an aromatic ring is 1. The Morgan fingerprint density at radius 3 is 2.66 bits per heavy atom. The van der Waals surface area contributed by atoms with Crippen LogP contribution in [0, 0.1) is 0 Å². The fourth-order valence-corrected chi connectivity index (χ4v) is 5.62. The molecule has 3 aromatic rings. The van der Waals surface area contributed by atoms with Gasteiger partial charge >= 0.3 is 13.5 Å². The van der Waals surface area contributed by atoms with E-state index in [2.05, 4.69) is 42.2 Å². The molecule has 0 aliphatic carbocycles. The van der Waals surface area contributed by atoms with Gasteiger partial charge in [0.05, 0.1) is 24.7 Å². The van der Waals surface area contributed by atoms with Gasteiger partial charge in [0.15, 0.2) is 11.5 Å². The van der Waals surface area contributed by atoms with Crippen LogP contribution in [-0.4, -0.2) is 72.8 Å². The van der Waals surface area contributed by atoms with E-state index in [9.17, 15) is 14.5 Å². The van der Waals surface area contributed by atoms with E-state index in [-0.39, 0.29) is 12.2 Å². The average Bonchev–Trinajstić information content (AvgIpc) is 3.31. The van der Waals surface area contributed by atoms with Crippen LogP contribution in [0.25, 0.3) is 11.2 Å². The summed E-state index contributed by atoms with van der Waals surface area (Å²) in [6.07, 6.45) is 3.45. The second kappa shape index (κ2) is 12.4. The molecule has 3 heterocycles. The van der Waals surface area contributed by atoms with Gasteiger partial charge in [0.1, 0.15) is 24.2 Å². The van der Waals surface area contributed by atoms with E-state index in [0.29, 0.717) is 30.6 Å². The monoisotopic (exact) mass is 544 g/mol. The number of carbonyl (C=O) groups is 1. The van der Waals surface area contributed by atoms with Crippen LogP contribution in [0.5, 0.6) is 0 Å². The first-order valence-corrected chi connectivity index (χ1v) is 14.2. The minimum absolute atomic E-state index is 0.275. The number of aliphatic carboxylic acids is 1. The van der Waals surface area contributed by atoms with Gasteiger partial charge in [0.25, 0.3) is 0 Å². The van der Waals surface area contributed by atoms with Crippen molar-refractivity contribution >= 4 is 36.2 Å². The second-order valence-electron chi connectivity index (χ2n) is 9.30. The Kier molecular flexibility index (Phi) is 9.05. The standard InChI is InChI=1S/C24H33N8O5P/c1-17(12-32-15-28-21-22(25)26-14-27-23(21)32)36-16-38(35,30-18(2)24(33)34)37-29-20-8-10-31(11-9-20)13-19-6-4-3-5-7-19/h3-7,14-15,17-18H,8-13,16H2,1-2H3,(H,30,35)(H,33,34)(H2,25,26,27). The number of rotatable bonds is 12. The lowest BCUT2D eigenvalue weighted by Crippen LogP contribution is -2.34. The first-order valence-electron chi connectivity index (χ1n) is 12.4. The molecular formula is C24H33N8O5P. The molecule has 1 aromatic carbocycles. The molecule has 0 radical (unpaired) electrons. The summed E-state index contributed by atoms with van der Waals surface area (Å²) in [7, 11) is -3.79. The first kappa shape index (κ1) is 27.6. The molecule has 1 aliphatic rings. The highest BCUT2D eigenvalue weighted by Gasteiger charge is 2.31. The molecule has 0 amide bonds. The third-order valence-electron chi connectivity index (χ3n) is 6.16. The van der Waals surface area contributed by atoms with Gasteiger partial charge in [-0.25, -0.2) is 20.0 Å². The molecule has 13 nitrogen and oxygen atoms in total. The molecule has 0 spiro atoms. The van der Waals surface area contributed by atoms with Crippen molar-refractivity contribution in [3.63, 3.8) is 0 Å². The summed E-state index contributed by atoms with van der Waals surface area (Å²) in [5, 5.41) is 16.0. The Labute approximate surface area is 220 Å². The highest BCUT2D eigenvalue weighted by Crippen LogP contribution is 2.44. The minimum Gasteiger partial charge on any atom is -0.480 e. The SMILES string of the molecule is CC(Cn1cnc2c(N)ncnc21)OCP(=O)(NC(C)C(=O)O)ON=C1CCN(Cc2ccccc2)CC1. The number of carboxylic acids is 1. The predicted octanol–water partition coefficient (Wildman–Crippen LogP) is 2.70. The Balaban J connectivity index is 1.35. The number of aromatic nitrogens is 4. The molecular weight excluding hydrogens is 511 g/mol. The lowest BCUT2D eigenvalue weighted by atomic mass is 10.1. The molecule has 1 aliphatic heterocycles. The van der Waals surface area contributed by atoms with Crippen molar-refractivity contribution in [1.82, 2.24) is 29.5 Å². The lowest BCUT2D eigenvalue weighted by molar-refractivity contribution is -0.138. The molecule has 4 rings (SSSR count). The minimum atomic E-state index is -3.79. The van der Waals surface area contributed by atoms with E-state index in [1.165, 1.54) is 18.8 Å². The quantitative estimate of drug-likeness (QED) is 0.226. The fourth-order valence-electron chi connectivity index (χ4n) is 4.05. The Morgan fingerprint density at radius 1 is 1.21 bits per heavy atom. The van der Waals surface area contributed by atoms with Crippen LogP contribution >= 0.6 is 7.52 Å². The summed E-state index contributed by atoms with van der Waals surface area (Å²) in [4.78, 5) is 26.1. The number of ether oxygens (including phenoxy) is 1. The van der Waals surface area contributed by atoms with E-state index >= 15 is 0 Å². The summed E-state index contributed by atoms with van der Waals surface area (Å²) in [5.41, 5.74) is 8.89. The van der Waals surface area contributed by atoms with Crippen molar-refractivity contribution in [2.24, 2.45) is 5.16 Å². The number of carboxylic acid groups (broad SMARTS) is 1. The number of nitrogens with zero attached hydrogens (tertiary/aromatic N) is 6. The number of likely N-dealkylation sites (tertiary alicyclic amines) is 1. The maximum absolute atomic E-state index is 13.5. The molecule has 1 saturated heterocycles. The van der Waals surface area contributed by atoms with Gasteiger partial charge in [-0.3, -0.25) is 14.3 Å². The molecule has 38 heavy (non-hydrogen) atoms. The average molecular weight is 545 g/mol. The van der Waals surface area contributed by atoms with Crippen LogP contribution in [0.15, 0.2) is 48.1 Å². The zero-order valence-electron chi connectivity index (χ0n) is 21.4. The lowest BCUT2D eigenvalue weighted by Gasteiger charge is -2.28. The maximum atomic E-state index is 13.5. The molecule has 14 heteroatoms. The van der Waals surface area contributed by atoms with Crippen molar-refractivity contribution in [1.29, 1.82) is 0 Å². The zero-order chi connectivity index (χ0) is 27.1. The van der Waals surface area contributed by atoms with Crippen LogP contribution in [0.2, 0.25) is 0 Å². The number of nitrogens with two attached hydrogens (primary N) is 1. The highest BCUT2D eigenvalue weighted by atomic mass is 31.2. The van der Waals surface area contributed by atoms with Gasteiger partial charge in [-0.15, -0.1) is 0 Å². The summed E-state index contributed by atoms with van der Waals surface area (Å²) in [6, 6.07) is 9.11. The van der Waals surface area contributed by atoms with Gasteiger partial charge in [-0.2, -0.15) is 0 Å². The molecule has 0 saturated carbocycles. The number of imidazole rings is 1. The number of piperidine rings is 1. The van der Waals surface area contributed by atoms with Gasteiger partial charge in [0, 0.05) is 32.5 Å². The molecule has 204 valence electrons. The first-order chi connectivity index (χ1) is 18.2. The van der Waals surface area contributed by atoms with Crippen molar-refractivity contribution in [3.8, 4) is 0 Å². The maximum Gasteiger partial charge on any atom is 0.364 e. The van der Waals surface area contributed by atoms with Gasteiger partial charge in [-0.1, -0.05) is 35.5 Å². The number of hydrogen-bond acceptors (Lipinski definition) is 10. The van der Waals surface area contributed by atoms with Crippen LogP contribution in [0.4, 0.5) is 5.82 Å². The summed E-state index contributed by atoms with van der Waals surface area (Å²) in [6.45, 7) is 5.95. The van der Waals surface area contributed by atoms with Crippen molar-refractivity contribution in [2.75, 3.05) is 25.2 Å². The molecule has 1 fully saturated rings. The number of oxime groups is 1. The van der Waals surface area contributed by atoms with Gasteiger partial charge in [0.2, 0.25) is 0 Å². The highest BCUT2D eigenvalue weighted by molar-refractivity contribution is 7.56. The molecule has 2 aromatic heterocycles. The van der Waals surface area contributed by atoms with Crippen LogP contribution in [0.1, 0.15) is 32.3 Å². The predicted molar refractivity (Wildman–Crippen MR) is 142 cm³/mol. The van der Waals surface area contributed by atoms with E-state index in [4.69, 9.17) is 15.1 Å². The van der Waals surface area contributed by atoms with Gasteiger partial charge in [-0.05, 0) is 19.4 Å².